The van der Waals surface area contributed by atoms with Crippen molar-refractivity contribution in [3.63, 3.8) is 0 Å². The van der Waals surface area contributed by atoms with Crippen molar-refractivity contribution in [3.05, 3.63) is 11.6 Å². The number of carbonyl (C=O) groups is 1. The molecular formula is C10H18N4O2. The van der Waals surface area contributed by atoms with Gasteiger partial charge in [0.2, 0.25) is 5.82 Å². The maximum atomic E-state index is 11.5. The zero-order chi connectivity index (χ0) is 12.1. The van der Waals surface area contributed by atoms with Crippen LogP contribution in [-0.4, -0.2) is 38.8 Å². The maximum absolute atomic E-state index is 11.5. The van der Waals surface area contributed by atoms with Crippen LogP contribution in [0.25, 0.3) is 0 Å². The molecule has 6 heteroatoms. The van der Waals surface area contributed by atoms with Crippen LogP contribution in [0.5, 0.6) is 0 Å². The average molecular weight is 226 g/mol. The van der Waals surface area contributed by atoms with Crippen molar-refractivity contribution in [1.82, 2.24) is 20.5 Å². The second-order valence-electron chi connectivity index (χ2n) is 3.98. The quantitative estimate of drug-likeness (QED) is 0.664. The van der Waals surface area contributed by atoms with Gasteiger partial charge in [0.05, 0.1) is 6.10 Å². The van der Waals surface area contributed by atoms with E-state index in [0.29, 0.717) is 12.2 Å². The predicted octanol–water partition coefficient (Wildman–Crippen LogP) is 0.114. The Kier molecular flexibility index (Phi) is 4.42. The maximum Gasteiger partial charge on any atom is 0.291 e. The molecule has 0 aliphatic rings. The fourth-order valence-electron chi connectivity index (χ4n) is 1.07. The van der Waals surface area contributed by atoms with Crippen LogP contribution in [0.1, 0.15) is 37.2 Å². The molecule has 1 unspecified atom stereocenters. The van der Waals surface area contributed by atoms with Crippen molar-refractivity contribution in [2.24, 2.45) is 5.92 Å². The molecule has 1 rings (SSSR count). The van der Waals surface area contributed by atoms with Gasteiger partial charge in [-0.2, -0.15) is 0 Å². The second-order valence-corrected chi connectivity index (χ2v) is 3.98. The first-order valence-corrected chi connectivity index (χ1v) is 5.42. The Balaban J connectivity index is 2.46. The van der Waals surface area contributed by atoms with Crippen molar-refractivity contribution in [1.29, 1.82) is 0 Å². The van der Waals surface area contributed by atoms with Gasteiger partial charge in [-0.1, -0.05) is 20.8 Å². The lowest BCUT2D eigenvalue weighted by molar-refractivity contribution is 0.0862. The number of nitrogens with zero attached hydrogens (tertiary/aromatic N) is 2. The summed E-state index contributed by atoms with van der Waals surface area (Å²) in [6, 6.07) is 0. The molecule has 0 aliphatic carbocycles. The van der Waals surface area contributed by atoms with Crippen LogP contribution in [0.15, 0.2) is 0 Å². The predicted molar refractivity (Wildman–Crippen MR) is 58.9 cm³/mol. The molecule has 90 valence electrons. The number of carbonyl (C=O) groups excluding carboxylic acids is 1. The monoisotopic (exact) mass is 226 g/mol. The third-order valence-corrected chi connectivity index (χ3v) is 2.31. The molecule has 0 spiro atoms. The fourth-order valence-corrected chi connectivity index (χ4v) is 1.07. The molecule has 1 aromatic heterocycles. The van der Waals surface area contributed by atoms with Crippen molar-refractivity contribution in [2.75, 3.05) is 6.54 Å². The van der Waals surface area contributed by atoms with Gasteiger partial charge in [0.15, 0.2) is 0 Å². The molecule has 0 aromatic carbocycles. The molecule has 1 heterocycles. The van der Waals surface area contributed by atoms with E-state index in [1.54, 1.807) is 0 Å². The zero-order valence-electron chi connectivity index (χ0n) is 9.82. The first kappa shape index (κ1) is 12.6. The smallest absolute Gasteiger partial charge is 0.291 e. The summed E-state index contributed by atoms with van der Waals surface area (Å²) in [5.74, 6) is 0.539. The molecule has 6 nitrogen and oxygen atoms in total. The number of amides is 1. The Morgan fingerprint density at radius 3 is 2.75 bits per heavy atom. The number of aromatic amines is 1. The van der Waals surface area contributed by atoms with Gasteiger partial charge in [-0.15, -0.1) is 5.10 Å². The summed E-state index contributed by atoms with van der Waals surface area (Å²) in [4.78, 5) is 15.5. The number of H-pyrrole nitrogens is 1. The van der Waals surface area contributed by atoms with E-state index >= 15 is 0 Å². The highest BCUT2D eigenvalue weighted by Gasteiger charge is 2.14. The molecule has 16 heavy (non-hydrogen) atoms. The molecule has 0 fully saturated rings. The van der Waals surface area contributed by atoms with E-state index in [1.807, 2.05) is 20.8 Å². The molecule has 0 aliphatic heterocycles. The van der Waals surface area contributed by atoms with Gasteiger partial charge in [0, 0.05) is 13.0 Å². The van der Waals surface area contributed by atoms with E-state index in [4.69, 9.17) is 0 Å². The van der Waals surface area contributed by atoms with Crippen molar-refractivity contribution < 1.29 is 9.90 Å². The summed E-state index contributed by atoms with van der Waals surface area (Å²) < 4.78 is 0. The van der Waals surface area contributed by atoms with Gasteiger partial charge in [-0.3, -0.25) is 9.89 Å². The Morgan fingerprint density at radius 1 is 1.56 bits per heavy atom. The Labute approximate surface area is 94.5 Å². The number of aliphatic hydroxyl groups is 1. The number of aliphatic hydroxyl groups excluding tert-OH is 1. The van der Waals surface area contributed by atoms with Gasteiger partial charge in [-0.25, -0.2) is 4.98 Å². The third kappa shape index (κ3) is 3.30. The summed E-state index contributed by atoms with van der Waals surface area (Å²) in [5.41, 5.74) is 0. The largest absolute Gasteiger partial charge is 0.391 e. The van der Waals surface area contributed by atoms with E-state index in [-0.39, 0.29) is 24.2 Å². The van der Waals surface area contributed by atoms with Crippen LogP contribution in [-0.2, 0) is 6.42 Å². The second kappa shape index (κ2) is 5.60. The van der Waals surface area contributed by atoms with Crippen LogP contribution in [0.4, 0.5) is 0 Å². The number of hydrogen-bond acceptors (Lipinski definition) is 4. The van der Waals surface area contributed by atoms with Crippen LogP contribution in [0, 0.1) is 5.92 Å². The van der Waals surface area contributed by atoms with Gasteiger partial charge in [0.25, 0.3) is 5.91 Å². The first-order chi connectivity index (χ1) is 7.54. The van der Waals surface area contributed by atoms with Gasteiger partial charge >= 0.3 is 0 Å². The Morgan fingerprint density at radius 2 is 2.25 bits per heavy atom. The van der Waals surface area contributed by atoms with E-state index < -0.39 is 6.10 Å². The molecule has 1 amide bonds. The Hall–Kier alpha value is -1.43. The molecule has 0 saturated carbocycles. The van der Waals surface area contributed by atoms with Crippen molar-refractivity contribution in [3.8, 4) is 0 Å². The van der Waals surface area contributed by atoms with Gasteiger partial charge < -0.3 is 10.4 Å². The van der Waals surface area contributed by atoms with Crippen molar-refractivity contribution >= 4 is 5.91 Å². The summed E-state index contributed by atoms with van der Waals surface area (Å²) in [7, 11) is 0. The average Bonchev–Trinajstić information content (AvgIpc) is 2.73. The minimum atomic E-state index is -0.548. The normalized spacial score (nSPS) is 12.8. The number of nitrogens with one attached hydrogen (secondary N) is 2. The topological polar surface area (TPSA) is 90.9 Å². The molecular weight excluding hydrogens is 208 g/mol. The van der Waals surface area contributed by atoms with Crippen LogP contribution in [0.2, 0.25) is 0 Å². The summed E-state index contributed by atoms with van der Waals surface area (Å²) in [5, 5.41) is 18.5. The lowest BCUT2D eigenvalue weighted by Crippen LogP contribution is -2.35. The minimum absolute atomic E-state index is 0.110. The summed E-state index contributed by atoms with van der Waals surface area (Å²) >= 11 is 0. The number of rotatable bonds is 5. The van der Waals surface area contributed by atoms with Crippen LogP contribution in [0.3, 0.4) is 0 Å². The summed E-state index contributed by atoms with van der Waals surface area (Å²) in [6.45, 7) is 5.91. The molecule has 3 N–H and O–H groups in total. The molecule has 1 aromatic rings. The highest BCUT2D eigenvalue weighted by Crippen LogP contribution is 1.99. The minimum Gasteiger partial charge on any atom is -0.391 e. The van der Waals surface area contributed by atoms with Crippen molar-refractivity contribution in [2.45, 2.75) is 33.3 Å². The summed E-state index contributed by atoms with van der Waals surface area (Å²) in [6.07, 6.45) is 0.156. The lowest BCUT2D eigenvalue weighted by Gasteiger charge is -2.13. The Bertz CT molecular complexity index is 348. The van der Waals surface area contributed by atoms with E-state index in [1.165, 1.54) is 0 Å². The van der Waals surface area contributed by atoms with E-state index in [9.17, 15) is 9.90 Å². The molecule has 1 atom stereocenters. The molecule has 0 bridgehead atoms. The number of aromatic nitrogens is 3. The first-order valence-electron chi connectivity index (χ1n) is 5.42. The van der Waals surface area contributed by atoms with Gasteiger partial charge in [0.1, 0.15) is 5.82 Å². The van der Waals surface area contributed by atoms with Crippen LogP contribution >= 0.6 is 0 Å². The van der Waals surface area contributed by atoms with Gasteiger partial charge in [-0.05, 0) is 5.92 Å². The number of aryl methyl sites for hydroxylation is 1. The SMILES string of the molecule is CCc1nc(C(=O)NCC(O)C(C)C)n[nH]1. The van der Waals surface area contributed by atoms with E-state index in [2.05, 4.69) is 20.5 Å². The lowest BCUT2D eigenvalue weighted by atomic mass is 10.1. The molecule has 0 radical (unpaired) electrons. The number of hydrogen-bond donors (Lipinski definition) is 3. The van der Waals surface area contributed by atoms with E-state index in [0.717, 1.165) is 0 Å². The molecule has 0 saturated heterocycles. The highest BCUT2D eigenvalue weighted by molar-refractivity contribution is 5.90. The highest BCUT2D eigenvalue weighted by atomic mass is 16.3. The standard InChI is InChI=1S/C10H18N4O2/c1-4-8-12-9(14-13-8)10(16)11-5-7(15)6(2)3/h6-7,15H,4-5H2,1-3H3,(H,11,16)(H,12,13,14). The zero-order valence-corrected chi connectivity index (χ0v) is 9.82. The van der Waals surface area contributed by atoms with Crippen LogP contribution < -0.4 is 5.32 Å². The fraction of sp³-hybridized carbons (Fsp3) is 0.700. The third-order valence-electron chi connectivity index (χ3n) is 2.31.